The molecule has 1 saturated heterocycles. The van der Waals surface area contributed by atoms with Crippen LogP contribution in [0.3, 0.4) is 0 Å². The van der Waals surface area contributed by atoms with Gasteiger partial charge < -0.3 is 4.74 Å². The van der Waals surface area contributed by atoms with Gasteiger partial charge in [0.2, 0.25) is 0 Å². The number of esters is 2. The SMILES string of the molecule is CCCCCCCCCCC1(CCCCCCCCCCCCCCCCCC(C)C)CC(=O)OC1=O. The molecule has 0 aromatic rings. The van der Waals surface area contributed by atoms with Crippen LogP contribution in [-0.2, 0) is 14.3 Å². The smallest absolute Gasteiger partial charge is 0.320 e. The van der Waals surface area contributed by atoms with Gasteiger partial charge in [0.25, 0.3) is 0 Å². The highest BCUT2D eigenvalue weighted by Gasteiger charge is 2.47. The number of rotatable bonds is 27. The molecule has 0 bridgehead atoms. The standard InChI is InChI=1S/C34H64O3/c1-4-5-6-7-8-19-22-25-28-34(30-32(35)37-33(34)36)29-26-23-20-17-15-13-11-9-10-12-14-16-18-21-24-27-31(2)3/h31H,4-30H2,1-3H3. The third kappa shape index (κ3) is 18.1. The van der Waals surface area contributed by atoms with Gasteiger partial charge in [0, 0.05) is 0 Å². The molecule has 0 N–H and O–H groups in total. The number of carbonyl (C=O) groups is 2. The van der Waals surface area contributed by atoms with Gasteiger partial charge in [-0.15, -0.1) is 0 Å². The summed E-state index contributed by atoms with van der Waals surface area (Å²) in [5.74, 6) is 0.337. The van der Waals surface area contributed by atoms with Gasteiger partial charge in [-0.2, -0.15) is 0 Å². The van der Waals surface area contributed by atoms with Crippen LogP contribution in [0.1, 0.15) is 194 Å². The highest BCUT2D eigenvalue weighted by atomic mass is 16.6. The predicted octanol–water partition coefficient (Wildman–Crippen LogP) is 11.3. The van der Waals surface area contributed by atoms with E-state index in [0.717, 1.165) is 31.6 Å². The van der Waals surface area contributed by atoms with E-state index in [9.17, 15) is 9.59 Å². The second-order valence-electron chi connectivity index (χ2n) is 12.7. The quantitative estimate of drug-likeness (QED) is 0.0614. The molecule has 37 heavy (non-hydrogen) atoms. The lowest BCUT2D eigenvalue weighted by Crippen LogP contribution is -2.26. The Morgan fingerprint density at radius 1 is 0.568 bits per heavy atom. The second kappa shape index (κ2) is 23.1. The third-order valence-electron chi connectivity index (χ3n) is 8.57. The average Bonchev–Trinajstić information content (AvgIpc) is 3.15. The van der Waals surface area contributed by atoms with E-state index in [1.165, 1.54) is 141 Å². The molecule has 0 aliphatic carbocycles. The molecule has 0 saturated carbocycles. The van der Waals surface area contributed by atoms with E-state index >= 15 is 0 Å². The Morgan fingerprint density at radius 3 is 1.24 bits per heavy atom. The zero-order valence-electron chi connectivity index (χ0n) is 25.4. The summed E-state index contributed by atoms with van der Waals surface area (Å²) in [7, 11) is 0. The summed E-state index contributed by atoms with van der Waals surface area (Å²) in [5.41, 5.74) is -0.507. The largest absolute Gasteiger partial charge is 0.393 e. The number of carbonyl (C=O) groups excluding carboxylic acids is 2. The predicted molar refractivity (Wildman–Crippen MR) is 159 cm³/mol. The number of cyclic esters (lactones) is 2. The van der Waals surface area contributed by atoms with Crippen molar-refractivity contribution >= 4 is 11.9 Å². The molecule has 1 atom stereocenters. The first-order valence-electron chi connectivity index (χ1n) is 16.8. The Bertz CT molecular complexity index is 555. The summed E-state index contributed by atoms with van der Waals surface area (Å²) >= 11 is 0. The van der Waals surface area contributed by atoms with Gasteiger partial charge >= 0.3 is 11.9 Å². The Morgan fingerprint density at radius 2 is 0.919 bits per heavy atom. The van der Waals surface area contributed by atoms with E-state index in [1.54, 1.807) is 0 Å². The molecule has 3 heteroatoms. The maximum Gasteiger partial charge on any atom is 0.320 e. The molecule has 1 rings (SSSR count). The van der Waals surface area contributed by atoms with E-state index in [1.807, 2.05) is 0 Å². The fourth-order valence-electron chi connectivity index (χ4n) is 6.01. The van der Waals surface area contributed by atoms with Gasteiger partial charge in [-0.05, 0) is 18.8 Å². The molecule has 3 nitrogen and oxygen atoms in total. The maximum atomic E-state index is 12.5. The van der Waals surface area contributed by atoms with Crippen LogP contribution in [0, 0.1) is 11.3 Å². The molecular weight excluding hydrogens is 456 g/mol. The van der Waals surface area contributed by atoms with Crippen molar-refractivity contribution in [1.82, 2.24) is 0 Å². The zero-order chi connectivity index (χ0) is 27.0. The zero-order valence-corrected chi connectivity index (χ0v) is 25.4. The van der Waals surface area contributed by atoms with Crippen LogP contribution >= 0.6 is 0 Å². The summed E-state index contributed by atoms with van der Waals surface area (Å²) in [6.45, 7) is 6.91. The molecule has 1 aliphatic heterocycles. The van der Waals surface area contributed by atoms with Crippen molar-refractivity contribution in [3.8, 4) is 0 Å². The van der Waals surface area contributed by atoms with Crippen molar-refractivity contribution in [2.45, 2.75) is 194 Å². The van der Waals surface area contributed by atoms with Crippen molar-refractivity contribution in [2.75, 3.05) is 0 Å². The Balaban J connectivity index is 1.98. The second-order valence-corrected chi connectivity index (χ2v) is 12.7. The maximum absolute atomic E-state index is 12.5. The first-order chi connectivity index (χ1) is 18.0. The summed E-state index contributed by atoms with van der Waals surface area (Å²) in [5, 5.41) is 0. The van der Waals surface area contributed by atoms with Gasteiger partial charge in [0.05, 0.1) is 11.8 Å². The number of hydrogen-bond acceptors (Lipinski definition) is 3. The molecule has 1 aliphatic rings. The van der Waals surface area contributed by atoms with E-state index in [-0.39, 0.29) is 11.9 Å². The van der Waals surface area contributed by atoms with E-state index in [2.05, 4.69) is 20.8 Å². The monoisotopic (exact) mass is 520 g/mol. The average molecular weight is 521 g/mol. The Labute approximate surface area is 231 Å². The van der Waals surface area contributed by atoms with Crippen molar-refractivity contribution in [1.29, 1.82) is 0 Å². The highest BCUT2D eigenvalue weighted by Crippen LogP contribution is 2.41. The Hall–Kier alpha value is -0.860. The number of unbranched alkanes of at least 4 members (excludes halogenated alkanes) is 21. The molecule has 0 aromatic carbocycles. The fourth-order valence-corrected chi connectivity index (χ4v) is 6.01. The third-order valence-corrected chi connectivity index (χ3v) is 8.57. The van der Waals surface area contributed by atoms with E-state index in [4.69, 9.17) is 4.74 Å². The summed E-state index contributed by atoms with van der Waals surface area (Å²) < 4.78 is 5.01. The first kappa shape index (κ1) is 34.2. The normalized spacial score (nSPS) is 17.7. The minimum absolute atomic E-state index is 0.230. The lowest BCUT2D eigenvalue weighted by molar-refractivity contribution is -0.155. The van der Waals surface area contributed by atoms with Crippen molar-refractivity contribution in [2.24, 2.45) is 11.3 Å². The van der Waals surface area contributed by atoms with Crippen LogP contribution in [0.15, 0.2) is 0 Å². The summed E-state index contributed by atoms with van der Waals surface area (Å²) in [6, 6.07) is 0. The Kier molecular flexibility index (Phi) is 21.3. The van der Waals surface area contributed by atoms with Gasteiger partial charge in [0.15, 0.2) is 0 Å². The number of hydrogen-bond donors (Lipinski definition) is 0. The van der Waals surface area contributed by atoms with Crippen LogP contribution in [0.4, 0.5) is 0 Å². The summed E-state index contributed by atoms with van der Waals surface area (Å²) in [6.07, 6.45) is 33.8. The van der Waals surface area contributed by atoms with Crippen molar-refractivity contribution < 1.29 is 14.3 Å². The molecular formula is C34H64O3. The van der Waals surface area contributed by atoms with Crippen molar-refractivity contribution in [3.63, 3.8) is 0 Å². The fraction of sp³-hybridized carbons (Fsp3) is 0.941. The van der Waals surface area contributed by atoms with Gasteiger partial charge in [0.1, 0.15) is 0 Å². The molecule has 0 aromatic heterocycles. The van der Waals surface area contributed by atoms with Gasteiger partial charge in [-0.25, -0.2) is 0 Å². The molecule has 0 radical (unpaired) electrons. The lowest BCUT2D eigenvalue weighted by atomic mass is 9.76. The molecule has 0 spiro atoms. The minimum Gasteiger partial charge on any atom is -0.393 e. The molecule has 1 unspecified atom stereocenters. The van der Waals surface area contributed by atoms with Crippen LogP contribution in [0.25, 0.3) is 0 Å². The van der Waals surface area contributed by atoms with Gasteiger partial charge in [-0.3, -0.25) is 9.59 Å². The molecule has 1 heterocycles. The van der Waals surface area contributed by atoms with Crippen LogP contribution < -0.4 is 0 Å². The summed E-state index contributed by atoms with van der Waals surface area (Å²) in [4.78, 5) is 24.4. The topological polar surface area (TPSA) is 43.4 Å². The van der Waals surface area contributed by atoms with E-state index in [0.29, 0.717) is 6.42 Å². The first-order valence-corrected chi connectivity index (χ1v) is 16.8. The molecule has 0 amide bonds. The lowest BCUT2D eigenvalue weighted by Gasteiger charge is -2.23. The van der Waals surface area contributed by atoms with Gasteiger partial charge in [-0.1, -0.05) is 175 Å². The molecule has 218 valence electrons. The highest BCUT2D eigenvalue weighted by molar-refractivity contribution is 5.97. The van der Waals surface area contributed by atoms with Crippen LogP contribution in [0.2, 0.25) is 0 Å². The van der Waals surface area contributed by atoms with Crippen molar-refractivity contribution in [3.05, 3.63) is 0 Å². The van der Waals surface area contributed by atoms with Crippen LogP contribution in [-0.4, -0.2) is 11.9 Å². The number of ether oxygens (including phenoxy) is 1. The molecule has 1 fully saturated rings. The van der Waals surface area contributed by atoms with E-state index < -0.39 is 5.41 Å². The van der Waals surface area contributed by atoms with Crippen LogP contribution in [0.5, 0.6) is 0 Å². The minimum atomic E-state index is -0.507.